The molecule has 0 aliphatic carbocycles. The summed E-state index contributed by atoms with van der Waals surface area (Å²) in [6.07, 6.45) is 0.508. The van der Waals surface area contributed by atoms with E-state index in [1.165, 1.54) is 23.9 Å². The predicted octanol–water partition coefficient (Wildman–Crippen LogP) is 3.54. The summed E-state index contributed by atoms with van der Waals surface area (Å²) in [4.78, 5) is 25.0. The van der Waals surface area contributed by atoms with Crippen LogP contribution in [0.4, 0.5) is 5.69 Å². The van der Waals surface area contributed by atoms with Gasteiger partial charge in [0.05, 0.1) is 16.3 Å². The van der Waals surface area contributed by atoms with E-state index in [1.807, 2.05) is 19.1 Å². The average molecular weight is 467 g/mol. The van der Waals surface area contributed by atoms with Gasteiger partial charge in [-0.3, -0.25) is 9.59 Å². The summed E-state index contributed by atoms with van der Waals surface area (Å²) >= 11 is 7.36. The SMILES string of the molecule is C[C@@H]1CSc2ccc(S(=O)(=O)CCC(=O)NCCc3ccc(Cl)cc3)cc2NC1=O. The number of sulfone groups is 1. The second-order valence-corrected chi connectivity index (χ2v) is 10.8. The van der Waals surface area contributed by atoms with Crippen molar-refractivity contribution in [3.05, 3.63) is 53.1 Å². The first-order chi connectivity index (χ1) is 14.2. The van der Waals surface area contributed by atoms with Gasteiger partial charge < -0.3 is 10.6 Å². The van der Waals surface area contributed by atoms with Crippen molar-refractivity contribution < 1.29 is 18.0 Å². The smallest absolute Gasteiger partial charge is 0.228 e. The van der Waals surface area contributed by atoms with Gasteiger partial charge in [-0.15, -0.1) is 11.8 Å². The number of carbonyl (C=O) groups excluding carboxylic acids is 2. The molecular formula is C21H23ClN2O4S2. The predicted molar refractivity (Wildman–Crippen MR) is 120 cm³/mol. The largest absolute Gasteiger partial charge is 0.356 e. The van der Waals surface area contributed by atoms with Gasteiger partial charge in [0.25, 0.3) is 0 Å². The van der Waals surface area contributed by atoms with Gasteiger partial charge in [-0.25, -0.2) is 8.42 Å². The molecule has 9 heteroatoms. The first kappa shape index (κ1) is 22.7. The lowest BCUT2D eigenvalue weighted by atomic mass is 10.1. The fourth-order valence-electron chi connectivity index (χ4n) is 2.90. The van der Waals surface area contributed by atoms with Crippen molar-refractivity contribution in [1.29, 1.82) is 0 Å². The number of anilines is 1. The summed E-state index contributed by atoms with van der Waals surface area (Å²) in [6.45, 7) is 2.25. The Morgan fingerprint density at radius 2 is 1.97 bits per heavy atom. The molecular weight excluding hydrogens is 444 g/mol. The van der Waals surface area contributed by atoms with Crippen molar-refractivity contribution in [2.24, 2.45) is 5.92 Å². The zero-order valence-corrected chi connectivity index (χ0v) is 18.9. The molecule has 2 aromatic carbocycles. The second kappa shape index (κ2) is 9.85. The van der Waals surface area contributed by atoms with Crippen LogP contribution >= 0.6 is 23.4 Å². The Labute approximate surface area is 185 Å². The standard InChI is InChI=1S/C21H23ClN2O4S2/c1-14-13-29-19-7-6-17(12-18(19)24-21(14)26)30(27,28)11-9-20(25)23-10-8-15-2-4-16(22)5-3-15/h2-7,12,14H,8-11,13H2,1H3,(H,23,25)(H,24,26)/t14-/m1/s1. The van der Waals surface area contributed by atoms with Gasteiger partial charge in [0.2, 0.25) is 11.8 Å². The molecule has 3 rings (SSSR count). The fourth-order valence-corrected chi connectivity index (χ4v) is 5.30. The van der Waals surface area contributed by atoms with Crippen LogP contribution in [0, 0.1) is 5.92 Å². The number of thioether (sulfide) groups is 1. The number of halogens is 1. The first-order valence-electron chi connectivity index (χ1n) is 9.56. The van der Waals surface area contributed by atoms with Gasteiger partial charge in [0, 0.05) is 34.6 Å². The van der Waals surface area contributed by atoms with E-state index in [-0.39, 0.29) is 34.8 Å². The third kappa shape index (κ3) is 6.00. The fraction of sp³-hybridized carbons (Fsp3) is 0.333. The van der Waals surface area contributed by atoms with Crippen LogP contribution in [0.25, 0.3) is 0 Å². The maximum atomic E-state index is 12.7. The number of benzene rings is 2. The highest BCUT2D eigenvalue weighted by Crippen LogP contribution is 2.34. The van der Waals surface area contributed by atoms with Gasteiger partial charge in [0.15, 0.2) is 9.84 Å². The van der Waals surface area contributed by atoms with Crippen LogP contribution < -0.4 is 10.6 Å². The summed E-state index contributed by atoms with van der Waals surface area (Å²) in [5.74, 6) is -0.258. The Morgan fingerprint density at radius 1 is 1.23 bits per heavy atom. The van der Waals surface area contributed by atoms with Crippen LogP contribution in [0.5, 0.6) is 0 Å². The van der Waals surface area contributed by atoms with Gasteiger partial charge in [-0.05, 0) is 42.3 Å². The third-order valence-electron chi connectivity index (χ3n) is 4.75. The van der Waals surface area contributed by atoms with Crippen LogP contribution in [0.1, 0.15) is 18.9 Å². The van der Waals surface area contributed by atoms with Crippen molar-refractivity contribution in [3.63, 3.8) is 0 Å². The molecule has 6 nitrogen and oxygen atoms in total. The maximum absolute atomic E-state index is 12.7. The van der Waals surface area contributed by atoms with E-state index in [2.05, 4.69) is 10.6 Å². The number of rotatable bonds is 7. The molecule has 0 aromatic heterocycles. The lowest BCUT2D eigenvalue weighted by Crippen LogP contribution is -2.27. The Kier molecular flexibility index (Phi) is 7.44. The zero-order chi connectivity index (χ0) is 21.7. The maximum Gasteiger partial charge on any atom is 0.228 e. The Hall–Kier alpha value is -2.03. The number of carbonyl (C=O) groups is 2. The van der Waals surface area contributed by atoms with Crippen molar-refractivity contribution in [3.8, 4) is 0 Å². The molecule has 0 spiro atoms. The summed E-state index contributed by atoms with van der Waals surface area (Å²) in [5, 5.41) is 6.18. The highest BCUT2D eigenvalue weighted by Gasteiger charge is 2.23. The molecule has 1 aliphatic heterocycles. The molecule has 1 atom stereocenters. The van der Waals surface area contributed by atoms with Crippen LogP contribution in [-0.2, 0) is 25.8 Å². The molecule has 160 valence electrons. The van der Waals surface area contributed by atoms with E-state index >= 15 is 0 Å². The zero-order valence-electron chi connectivity index (χ0n) is 16.5. The van der Waals surface area contributed by atoms with E-state index in [4.69, 9.17) is 11.6 Å². The molecule has 2 N–H and O–H groups in total. The van der Waals surface area contributed by atoms with Crippen LogP contribution in [0.2, 0.25) is 5.02 Å². The first-order valence-corrected chi connectivity index (χ1v) is 12.6. The highest BCUT2D eigenvalue weighted by atomic mass is 35.5. The number of hydrogen-bond acceptors (Lipinski definition) is 5. The van der Waals surface area contributed by atoms with Crippen LogP contribution in [0.3, 0.4) is 0 Å². The second-order valence-electron chi connectivity index (χ2n) is 7.15. The minimum absolute atomic E-state index is 0.102. The van der Waals surface area contributed by atoms with Crippen LogP contribution in [0.15, 0.2) is 52.3 Å². The number of fused-ring (bicyclic) bond motifs is 1. The summed E-state index contributed by atoms with van der Waals surface area (Å²) in [5.41, 5.74) is 1.54. The van der Waals surface area contributed by atoms with Crippen LogP contribution in [-0.4, -0.2) is 38.3 Å². The van der Waals surface area contributed by atoms with Crippen molar-refractivity contribution in [1.82, 2.24) is 5.32 Å². The van der Waals surface area contributed by atoms with Gasteiger partial charge in [-0.1, -0.05) is 30.7 Å². The summed E-state index contributed by atoms with van der Waals surface area (Å²) in [7, 11) is -3.65. The topological polar surface area (TPSA) is 92.3 Å². The Bertz CT molecular complexity index is 1040. The third-order valence-corrected chi connectivity index (χ3v) is 8.05. The van der Waals surface area contributed by atoms with Gasteiger partial charge >= 0.3 is 0 Å². The molecule has 1 aliphatic rings. The number of amides is 2. The van der Waals surface area contributed by atoms with E-state index in [0.717, 1.165) is 10.5 Å². The van der Waals surface area contributed by atoms with Crippen molar-refractivity contribution in [2.45, 2.75) is 29.6 Å². The molecule has 2 aromatic rings. The van der Waals surface area contributed by atoms with Crippen molar-refractivity contribution >= 4 is 50.7 Å². The molecule has 2 amide bonds. The molecule has 30 heavy (non-hydrogen) atoms. The van der Waals surface area contributed by atoms with E-state index < -0.39 is 9.84 Å². The molecule has 1 heterocycles. The lowest BCUT2D eigenvalue weighted by molar-refractivity contribution is -0.120. The van der Waals surface area contributed by atoms with Gasteiger partial charge in [0.1, 0.15) is 0 Å². The minimum atomic E-state index is -3.65. The minimum Gasteiger partial charge on any atom is -0.356 e. The molecule has 0 unspecified atom stereocenters. The lowest BCUT2D eigenvalue weighted by Gasteiger charge is -2.10. The van der Waals surface area contributed by atoms with Gasteiger partial charge in [-0.2, -0.15) is 0 Å². The monoisotopic (exact) mass is 466 g/mol. The normalized spacial score (nSPS) is 16.3. The average Bonchev–Trinajstić information content (AvgIpc) is 2.86. The molecule has 0 fully saturated rings. The Morgan fingerprint density at radius 3 is 2.70 bits per heavy atom. The summed E-state index contributed by atoms with van der Waals surface area (Å²) in [6, 6.07) is 12.1. The quantitative estimate of drug-likeness (QED) is 0.651. The Balaban J connectivity index is 1.54. The molecule has 0 radical (unpaired) electrons. The highest BCUT2D eigenvalue weighted by molar-refractivity contribution is 7.99. The molecule has 0 bridgehead atoms. The number of hydrogen-bond donors (Lipinski definition) is 2. The molecule has 0 saturated heterocycles. The van der Waals surface area contributed by atoms with E-state index in [9.17, 15) is 18.0 Å². The van der Waals surface area contributed by atoms with Crippen molar-refractivity contribution in [2.75, 3.05) is 23.4 Å². The summed E-state index contributed by atoms with van der Waals surface area (Å²) < 4.78 is 25.3. The van der Waals surface area contributed by atoms with E-state index in [1.54, 1.807) is 18.2 Å². The van der Waals surface area contributed by atoms with E-state index in [0.29, 0.717) is 29.4 Å². The number of nitrogens with one attached hydrogen (secondary N) is 2. The molecule has 0 saturated carbocycles.